The normalized spacial score (nSPS) is 11.0. The Kier molecular flexibility index (Phi) is 5.31. The largest absolute Gasteiger partial charge is 0.484 e. The Bertz CT molecular complexity index is 1030. The molecule has 3 aromatic rings. The molecule has 0 spiro atoms. The number of nitrogens with one attached hydrogen (secondary N) is 1. The SMILES string of the molecule is Cc1cc(C)cc(NC(=O)COc2ccc3c(C(C)C)cc(=O)oc3c2)c1. The summed E-state index contributed by atoms with van der Waals surface area (Å²) in [4.78, 5) is 23.9. The summed E-state index contributed by atoms with van der Waals surface area (Å²) < 4.78 is 10.9. The highest BCUT2D eigenvalue weighted by molar-refractivity contribution is 5.92. The number of carbonyl (C=O) groups is 1. The summed E-state index contributed by atoms with van der Waals surface area (Å²) in [5.41, 5.74) is 3.90. The lowest BCUT2D eigenvalue weighted by Gasteiger charge is -2.11. The molecular formula is C22H23NO4. The van der Waals surface area contributed by atoms with Crippen molar-refractivity contribution in [3.8, 4) is 5.75 Å². The summed E-state index contributed by atoms with van der Waals surface area (Å²) in [5.74, 6) is 0.423. The number of ether oxygens (including phenoxy) is 1. The molecule has 1 heterocycles. The number of benzene rings is 2. The van der Waals surface area contributed by atoms with Crippen molar-refractivity contribution >= 4 is 22.6 Å². The highest BCUT2D eigenvalue weighted by Crippen LogP contribution is 2.27. The molecule has 0 aliphatic rings. The minimum atomic E-state index is -0.393. The Balaban J connectivity index is 1.73. The predicted octanol–water partition coefficient (Wildman–Crippen LogP) is 4.55. The molecule has 0 bridgehead atoms. The quantitative estimate of drug-likeness (QED) is 0.674. The third kappa shape index (κ3) is 4.56. The highest BCUT2D eigenvalue weighted by atomic mass is 16.5. The zero-order valence-corrected chi connectivity index (χ0v) is 16.0. The average Bonchev–Trinajstić information content (AvgIpc) is 2.57. The monoisotopic (exact) mass is 365 g/mol. The molecule has 0 fully saturated rings. The van der Waals surface area contributed by atoms with Gasteiger partial charge >= 0.3 is 5.63 Å². The first-order chi connectivity index (χ1) is 12.8. The fraction of sp³-hybridized carbons (Fsp3) is 0.273. The van der Waals surface area contributed by atoms with Crippen LogP contribution < -0.4 is 15.7 Å². The van der Waals surface area contributed by atoms with Gasteiger partial charge in [0.1, 0.15) is 11.3 Å². The Labute approximate surface area is 158 Å². The van der Waals surface area contributed by atoms with Gasteiger partial charge in [-0.1, -0.05) is 19.9 Å². The number of carbonyl (C=O) groups excluding carboxylic acids is 1. The van der Waals surface area contributed by atoms with E-state index in [1.807, 2.05) is 52.0 Å². The number of anilines is 1. The van der Waals surface area contributed by atoms with Crippen molar-refractivity contribution in [3.63, 3.8) is 0 Å². The van der Waals surface area contributed by atoms with Crippen LogP contribution >= 0.6 is 0 Å². The van der Waals surface area contributed by atoms with Gasteiger partial charge in [0.15, 0.2) is 6.61 Å². The molecule has 1 N–H and O–H groups in total. The van der Waals surface area contributed by atoms with Crippen molar-refractivity contribution in [2.24, 2.45) is 0 Å². The van der Waals surface area contributed by atoms with Crippen LogP contribution in [0.1, 0.15) is 36.5 Å². The molecule has 0 aliphatic carbocycles. The molecule has 0 atom stereocenters. The molecule has 2 aromatic carbocycles. The molecule has 5 nitrogen and oxygen atoms in total. The van der Waals surface area contributed by atoms with E-state index in [2.05, 4.69) is 5.32 Å². The van der Waals surface area contributed by atoms with Crippen LogP contribution in [0.4, 0.5) is 5.69 Å². The minimum absolute atomic E-state index is 0.132. The smallest absolute Gasteiger partial charge is 0.336 e. The van der Waals surface area contributed by atoms with Crippen molar-refractivity contribution in [1.82, 2.24) is 0 Å². The van der Waals surface area contributed by atoms with Gasteiger partial charge in [-0.2, -0.15) is 0 Å². The van der Waals surface area contributed by atoms with E-state index in [0.717, 1.165) is 27.8 Å². The zero-order valence-electron chi connectivity index (χ0n) is 16.0. The van der Waals surface area contributed by atoms with Gasteiger partial charge in [-0.25, -0.2) is 4.79 Å². The van der Waals surface area contributed by atoms with Crippen LogP contribution in [-0.4, -0.2) is 12.5 Å². The highest BCUT2D eigenvalue weighted by Gasteiger charge is 2.11. The number of amides is 1. The van der Waals surface area contributed by atoms with Gasteiger partial charge in [0.2, 0.25) is 0 Å². The Morgan fingerprint density at radius 2 is 1.78 bits per heavy atom. The van der Waals surface area contributed by atoms with Crippen LogP contribution in [0.15, 0.2) is 51.7 Å². The maximum atomic E-state index is 12.2. The molecule has 27 heavy (non-hydrogen) atoms. The minimum Gasteiger partial charge on any atom is -0.484 e. The van der Waals surface area contributed by atoms with E-state index in [4.69, 9.17) is 9.15 Å². The lowest BCUT2D eigenvalue weighted by molar-refractivity contribution is -0.118. The molecule has 0 saturated carbocycles. The molecule has 3 rings (SSSR count). The van der Waals surface area contributed by atoms with Gasteiger partial charge in [-0.3, -0.25) is 4.79 Å². The van der Waals surface area contributed by atoms with Crippen LogP contribution in [0.5, 0.6) is 5.75 Å². The van der Waals surface area contributed by atoms with E-state index in [1.54, 1.807) is 12.1 Å². The topological polar surface area (TPSA) is 68.5 Å². The zero-order chi connectivity index (χ0) is 19.6. The molecule has 0 unspecified atom stereocenters. The maximum Gasteiger partial charge on any atom is 0.336 e. The van der Waals surface area contributed by atoms with E-state index in [1.165, 1.54) is 6.07 Å². The Hall–Kier alpha value is -3.08. The summed E-state index contributed by atoms with van der Waals surface area (Å²) in [5, 5.41) is 3.70. The number of aryl methyl sites for hydroxylation is 2. The second-order valence-corrected chi connectivity index (χ2v) is 7.05. The second kappa shape index (κ2) is 7.66. The predicted molar refractivity (Wildman–Crippen MR) is 107 cm³/mol. The molecule has 0 saturated heterocycles. The summed E-state index contributed by atoms with van der Waals surface area (Å²) >= 11 is 0. The van der Waals surface area contributed by atoms with E-state index in [0.29, 0.717) is 11.3 Å². The van der Waals surface area contributed by atoms with E-state index >= 15 is 0 Å². The van der Waals surface area contributed by atoms with Crippen molar-refractivity contribution < 1.29 is 13.9 Å². The van der Waals surface area contributed by atoms with Crippen LogP contribution in [0.25, 0.3) is 11.0 Å². The van der Waals surface area contributed by atoms with E-state index in [-0.39, 0.29) is 18.4 Å². The van der Waals surface area contributed by atoms with Crippen molar-refractivity contribution in [1.29, 1.82) is 0 Å². The van der Waals surface area contributed by atoms with Crippen LogP contribution in [-0.2, 0) is 4.79 Å². The summed E-state index contributed by atoms with van der Waals surface area (Å²) in [6, 6.07) is 12.6. The second-order valence-electron chi connectivity index (χ2n) is 7.05. The number of hydrogen-bond acceptors (Lipinski definition) is 4. The molecule has 0 aliphatic heterocycles. The van der Waals surface area contributed by atoms with Crippen molar-refractivity contribution in [2.45, 2.75) is 33.6 Å². The third-order valence-electron chi connectivity index (χ3n) is 4.25. The Morgan fingerprint density at radius 1 is 1.07 bits per heavy atom. The lowest BCUT2D eigenvalue weighted by atomic mass is 10.00. The van der Waals surface area contributed by atoms with Gasteiger partial charge in [0.05, 0.1) is 0 Å². The van der Waals surface area contributed by atoms with Gasteiger partial charge in [0.25, 0.3) is 5.91 Å². The van der Waals surface area contributed by atoms with E-state index in [9.17, 15) is 9.59 Å². The first-order valence-corrected chi connectivity index (χ1v) is 8.90. The number of fused-ring (bicyclic) bond motifs is 1. The summed E-state index contributed by atoms with van der Waals surface area (Å²) in [7, 11) is 0. The van der Waals surface area contributed by atoms with Crippen molar-refractivity contribution in [3.05, 3.63) is 69.6 Å². The molecule has 1 aromatic heterocycles. The Morgan fingerprint density at radius 3 is 2.44 bits per heavy atom. The van der Waals surface area contributed by atoms with Crippen LogP contribution in [0.3, 0.4) is 0 Å². The first kappa shape index (κ1) is 18.7. The average molecular weight is 365 g/mol. The molecule has 1 amide bonds. The third-order valence-corrected chi connectivity index (χ3v) is 4.25. The lowest BCUT2D eigenvalue weighted by Crippen LogP contribution is -2.20. The standard InChI is InChI=1S/C22H23NO4/c1-13(2)19-11-22(25)27-20-10-17(5-6-18(19)20)26-12-21(24)23-16-8-14(3)7-15(4)9-16/h5-11,13H,12H2,1-4H3,(H,23,24). The van der Waals surface area contributed by atoms with Gasteiger partial charge in [-0.15, -0.1) is 0 Å². The number of hydrogen-bond donors (Lipinski definition) is 1. The van der Waals surface area contributed by atoms with Gasteiger partial charge in [0, 0.05) is 23.2 Å². The molecular weight excluding hydrogens is 342 g/mol. The van der Waals surface area contributed by atoms with Crippen LogP contribution in [0.2, 0.25) is 0 Å². The molecule has 0 radical (unpaired) electrons. The summed E-state index contributed by atoms with van der Waals surface area (Å²) in [6.07, 6.45) is 0. The fourth-order valence-corrected chi connectivity index (χ4v) is 3.13. The first-order valence-electron chi connectivity index (χ1n) is 8.90. The van der Waals surface area contributed by atoms with E-state index < -0.39 is 5.63 Å². The maximum absolute atomic E-state index is 12.2. The summed E-state index contributed by atoms with van der Waals surface area (Å²) in [6.45, 7) is 7.87. The van der Waals surface area contributed by atoms with Gasteiger partial charge < -0.3 is 14.5 Å². The molecule has 5 heteroatoms. The van der Waals surface area contributed by atoms with Crippen LogP contribution in [0, 0.1) is 13.8 Å². The number of rotatable bonds is 5. The van der Waals surface area contributed by atoms with Crippen molar-refractivity contribution in [2.75, 3.05) is 11.9 Å². The van der Waals surface area contributed by atoms with Gasteiger partial charge in [-0.05, 0) is 60.7 Å². The molecule has 140 valence electrons. The fourth-order valence-electron chi connectivity index (χ4n) is 3.13.